The molecule has 0 aromatic carbocycles. The lowest BCUT2D eigenvalue weighted by molar-refractivity contribution is -0.138. The van der Waals surface area contributed by atoms with E-state index in [0.29, 0.717) is 12.0 Å². The summed E-state index contributed by atoms with van der Waals surface area (Å²) in [6, 6.07) is 0.933. The van der Waals surface area contributed by atoms with Crippen LogP contribution in [0.15, 0.2) is 12.3 Å². The van der Waals surface area contributed by atoms with E-state index in [9.17, 15) is 18.0 Å². The first-order valence-corrected chi connectivity index (χ1v) is 6.27. The van der Waals surface area contributed by atoms with Gasteiger partial charge in [0, 0.05) is 18.3 Å². The summed E-state index contributed by atoms with van der Waals surface area (Å²) in [5.74, 6) is -0.672. The lowest BCUT2D eigenvalue weighted by atomic mass is 10.1. The minimum absolute atomic E-state index is 0.0243. The molecule has 0 spiro atoms. The van der Waals surface area contributed by atoms with Crippen LogP contribution in [0.3, 0.4) is 0 Å². The molecule has 0 saturated carbocycles. The van der Waals surface area contributed by atoms with Crippen LogP contribution < -0.4 is 0 Å². The fraction of sp³-hybridized carbons (Fsp3) is 0.417. The van der Waals surface area contributed by atoms with E-state index in [4.69, 9.17) is 5.11 Å². The van der Waals surface area contributed by atoms with Gasteiger partial charge >= 0.3 is 12.1 Å². The molecule has 2 rings (SSSR count). The van der Waals surface area contributed by atoms with Gasteiger partial charge in [-0.25, -0.2) is 0 Å². The summed E-state index contributed by atoms with van der Waals surface area (Å²) in [7, 11) is 0. The number of rotatable bonds is 5. The first-order chi connectivity index (χ1) is 10.3. The smallest absolute Gasteiger partial charge is 0.417 e. The minimum Gasteiger partial charge on any atom is -0.481 e. The number of tetrazole rings is 1. The van der Waals surface area contributed by atoms with Gasteiger partial charge in [-0.15, -0.1) is 10.2 Å². The van der Waals surface area contributed by atoms with Gasteiger partial charge < -0.3 is 5.11 Å². The number of alkyl halides is 3. The number of aryl methyl sites for hydroxylation is 2. The predicted molar refractivity (Wildman–Crippen MR) is 66.9 cm³/mol. The van der Waals surface area contributed by atoms with Crippen molar-refractivity contribution in [3.05, 3.63) is 34.9 Å². The quantitative estimate of drug-likeness (QED) is 0.898. The third-order valence-electron chi connectivity index (χ3n) is 2.83. The van der Waals surface area contributed by atoms with Crippen molar-refractivity contribution in [3.63, 3.8) is 0 Å². The Hall–Kier alpha value is -2.52. The van der Waals surface area contributed by atoms with Gasteiger partial charge in [-0.1, -0.05) is 0 Å². The van der Waals surface area contributed by atoms with Crippen LogP contribution in [0.5, 0.6) is 0 Å². The van der Waals surface area contributed by atoms with Gasteiger partial charge in [0.25, 0.3) is 0 Å². The molecule has 0 unspecified atom stereocenters. The third-order valence-corrected chi connectivity index (χ3v) is 2.83. The molecule has 2 aromatic heterocycles. The highest BCUT2D eigenvalue weighted by molar-refractivity contribution is 5.67. The summed E-state index contributed by atoms with van der Waals surface area (Å²) in [5, 5.41) is 19.9. The lowest BCUT2D eigenvalue weighted by Crippen LogP contribution is -2.13. The number of carboxylic acids is 1. The van der Waals surface area contributed by atoms with Crippen molar-refractivity contribution in [1.29, 1.82) is 0 Å². The van der Waals surface area contributed by atoms with Gasteiger partial charge in [0.05, 0.1) is 18.5 Å². The number of aromatic nitrogens is 5. The van der Waals surface area contributed by atoms with Crippen LogP contribution in [0.25, 0.3) is 0 Å². The van der Waals surface area contributed by atoms with Crippen molar-refractivity contribution in [2.45, 2.75) is 32.5 Å². The Morgan fingerprint density at radius 3 is 2.68 bits per heavy atom. The highest BCUT2D eigenvalue weighted by atomic mass is 19.4. The maximum Gasteiger partial charge on any atom is 0.417 e. The number of halogens is 3. The van der Waals surface area contributed by atoms with E-state index in [1.807, 2.05) is 0 Å². The van der Waals surface area contributed by atoms with Crippen LogP contribution in [-0.4, -0.2) is 36.3 Å². The van der Waals surface area contributed by atoms with Crippen LogP contribution in [0.1, 0.15) is 29.1 Å². The van der Waals surface area contributed by atoms with Gasteiger partial charge in [-0.2, -0.15) is 18.0 Å². The topological polar surface area (TPSA) is 93.8 Å². The first-order valence-electron chi connectivity index (χ1n) is 6.27. The molecule has 0 radical (unpaired) electrons. The average molecular weight is 315 g/mol. The molecule has 2 heterocycles. The Kier molecular flexibility index (Phi) is 4.38. The molecule has 0 atom stereocenters. The summed E-state index contributed by atoms with van der Waals surface area (Å²) >= 11 is 0. The van der Waals surface area contributed by atoms with Gasteiger partial charge in [0.1, 0.15) is 0 Å². The third kappa shape index (κ3) is 3.99. The molecule has 0 aliphatic heterocycles. The molecule has 118 valence electrons. The Morgan fingerprint density at radius 2 is 2.14 bits per heavy atom. The second-order valence-corrected chi connectivity index (χ2v) is 4.59. The second-order valence-electron chi connectivity index (χ2n) is 4.59. The number of carbonyl (C=O) groups is 1. The monoisotopic (exact) mass is 315 g/mol. The fourth-order valence-electron chi connectivity index (χ4n) is 1.82. The molecule has 7 nitrogen and oxygen atoms in total. The highest BCUT2D eigenvalue weighted by Gasteiger charge is 2.31. The molecule has 10 heteroatoms. The number of carboxylic acid groups (broad SMARTS) is 1. The van der Waals surface area contributed by atoms with E-state index in [2.05, 4.69) is 20.4 Å². The lowest BCUT2D eigenvalue weighted by Gasteiger charge is -2.12. The molecule has 0 aliphatic rings. The molecule has 0 saturated heterocycles. The van der Waals surface area contributed by atoms with E-state index < -0.39 is 17.7 Å². The predicted octanol–water partition coefficient (Wildman–Crippen LogP) is 1.46. The van der Waals surface area contributed by atoms with E-state index in [-0.39, 0.29) is 30.6 Å². The van der Waals surface area contributed by atoms with E-state index >= 15 is 0 Å². The first kappa shape index (κ1) is 15.9. The van der Waals surface area contributed by atoms with E-state index in [1.54, 1.807) is 6.92 Å². The molecule has 0 aliphatic carbocycles. The molecule has 0 fully saturated rings. The second kappa shape index (κ2) is 6.08. The maximum atomic E-state index is 12.8. The van der Waals surface area contributed by atoms with Crippen molar-refractivity contribution in [1.82, 2.24) is 25.2 Å². The summed E-state index contributed by atoms with van der Waals surface area (Å²) < 4.78 is 38.3. The standard InChI is InChI=1S/C12H12F3N5O2/c1-7-17-19-20(18-7)6-8-4-9(12(13,14)15)5-16-10(8)2-3-11(21)22/h4-5H,2-3,6H2,1H3,(H,21,22). The molecule has 22 heavy (non-hydrogen) atoms. The SMILES string of the molecule is Cc1nnn(Cc2cc(C(F)(F)F)cnc2CCC(=O)O)n1. The molecular formula is C12H12F3N5O2. The Labute approximate surface area is 122 Å². The fourth-order valence-corrected chi connectivity index (χ4v) is 1.82. The van der Waals surface area contributed by atoms with Gasteiger partial charge in [-0.3, -0.25) is 9.78 Å². The molecule has 0 bridgehead atoms. The van der Waals surface area contributed by atoms with Crippen LogP contribution in [0, 0.1) is 6.92 Å². The zero-order valence-electron chi connectivity index (χ0n) is 11.5. The minimum atomic E-state index is -4.53. The van der Waals surface area contributed by atoms with Crippen molar-refractivity contribution >= 4 is 5.97 Å². The number of nitrogens with zero attached hydrogens (tertiary/aromatic N) is 5. The zero-order valence-corrected chi connectivity index (χ0v) is 11.5. The zero-order chi connectivity index (χ0) is 16.3. The van der Waals surface area contributed by atoms with Crippen LogP contribution in [0.2, 0.25) is 0 Å². The number of hydrogen-bond donors (Lipinski definition) is 1. The number of pyridine rings is 1. The maximum absolute atomic E-state index is 12.8. The summed E-state index contributed by atoms with van der Waals surface area (Å²) in [6.07, 6.45) is -4.04. The van der Waals surface area contributed by atoms with Crippen molar-refractivity contribution in [2.24, 2.45) is 0 Å². The Bertz CT molecular complexity index is 684. The Morgan fingerprint density at radius 1 is 1.41 bits per heavy atom. The molecule has 1 N–H and O–H groups in total. The van der Waals surface area contributed by atoms with Gasteiger partial charge in [0.15, 0.2) is 5.82 Å². The van der Waals surface area contributed by atoms with Gasteiger partial charge in [0.2, 0.25) is 0 Å². The molecule has 0 amide bonds. The van der Waals surface area contributed by atoms with Crippen molar-refractivity contribution in [3.8, 4) is 0 Å². The normalized spacial score (nSPS) is 11.6. The van der Waals surface area contributed by atoms with Gasteiger partial charge in [-0.05, 0) is 23.8 Å². The summed E-state index contributed by atoms with van der Waals surface area (Å²) in [4.78, 5) is 15.5. The van der Waals surface area contributed by atoms with Crippen molar-refractivity contribution in [2.75, 3.05) is 0 Å². The highest BCUT2D eigenvalue weighted by Crippen LogP contribution is 2.30. The van der Waals surface area contributed by atoms with E-state index in [0.717, 1.165) is 10.9 Å². The number of aliphatic carboxylic acids is 1. The number of hydrogen-bond acceptors (Lipinski definition) is 5. The average Bonchev–Trinajstić information content (AvgIpc) is 2.81. The molecule has 2 aromatic rings. The van der Waals surface area contributed by atoms with E-state index in [1.165, 1.54) is 0 Å². The van der Waals surface area contributed by atoms with Crippen LogP contribution in [-0.2, 0) is 23.9 Å². The van der Waals surface area contributed by atoms with Crippen LogP contribution in [0.4, 0.5) is 13.2 Å². The Balaban J connectivity index is 2.33. The van der Waals surface area contributed by atoms with Crippen LogP contribution >= 0.6 is 0 Å². The summed E-state index contributed by atoms with van der Waals surface area (Å²) in [5.41, 5.74) is -0.419. The van der Waals surface area contributed by atoms with Crippen molar-refractivity contribution < 1.29 is 23.1 Å². The largest absolute Gasteiger partial charge is 0.481 e. The summed E-state index contributed by atoms with van der Waals surface area (Å²) in [6.45, 7) is 1.53. The molecular weight excluding hydrogens is 303 g/mol.